The van der Waals surface area contributed by atoms with Gasteiger partial charge in [0.15, 0.2) is 0 Å². The maximum atomic E-state index is 12.6. The lowest BCUT2D eigenvalue weighted by Crippen LogP contribution is -2.14. The van der Waals surface area contributed by atoms with E-state index in [0.29, 0.717) is 45.5 Å². The summed E-state index contributed by atoms with van der Waals surface area (Å²) in [6.45, 7) is 4.63. The number of ether oxygens (including phenoxy) is 2. The minimum absolute atomic E-state index is 0.118. The molecule has 0 unspecified atom stereocenters. The molecule has 0 bridgehead atoms. The number of amides is 1. The van der Waals surface area contributed by atoms with E-state index in [4.69, 9.17) is 32.7 Å². The van der Waals surface area contributed by atoms with Gasteiger partial charge in [0, 0.05) is 11.6 Å². The van der Waals surface area contributed by atoms with Gasteiger partial charge in [-0.05, 0) is 54.1 Å². The summed E-state index contributed by atoms with van der Waals surface area (Å²) < 4.78 is 11.9. The highest BCUT2D eigenvalue weighted by Gasteiger charge is 2.15. The van der Waals surface area contributed by atoms with Crippen LogP contribution in [-0.4, -0.2) is 19.1 Å². The predicted molar refractivity (Wildman–Crippen MR) is 115 cm³/mol. The van der Waals surface area contributed by atoms with E-state index in [1.165, 1.54) is 6.08 Å². The highest BCUT2D eigenvalue weighted by Crippen LogP contribution is 2.35. The van der Waals surface area contributed by atoms with Crippen molar-refractivity contribution >= 4 is 56.8 Å². The fourth-order valence-electron chi connectivity index (χ4n) is 2.30. The Morgan fingerprint density at radius 3 is 2.54 bits per heavy atom. The number of carbonyl (C=O) groups is 1. The smallest absolute Gasteiger partial charge is 0.266 e. The van der Waals surface area contributed by atoms with Crippen molar-refractivity contribution in [2.45, 2.75) is 13.8 Å². The normalized spacial score (nSPS) is 10.9. The number of rotatable bonds is 7. The number of nitriles is 1. The number of halogens is 3. The summed E-state index contributed by atoms with van der Waals surface area (Å²) >= 11 is 15.5. The summed E-state index contributed by atoms with van der Waals surface area (Å²) in [4.78, 5) is 12.6. The zero-order valence-electron chi connectivity index (χ0n) is 15.2. The number of benzene rings is 2. The van der Waals surface area contributed by atoms with Gasteiger partial charge in [-0.1, -0.05) is 29.3 Å². The fraction of sp³-hybridized carbons (Fsp3) is 0.200. The van der Waals surface area contributed by atoms with Crippen molar-refractivity contribution in [2.75, 3.05) is 18.5 Å². The van der Waals surface area contributed by atoms with Crippen LogP contribution in [0.15, 0.2) is 40.4 Å². The maximum Gasteiger partial charge on any atom is 0.266 e. The van der Waals surface area contributed by atoms with Gasteiger partial charge < -0.3 is 14.8 Å². The molecule has 2 aromatic carbocycles. The van der Waals surface area contributed by atoms with Gasteiger partial charge in [0.1, 0.15) is 23.1 Å². The molecule has 0 spiro atoms. The lowest BCUT2D eigenvalue weighted by Gasteiger charge is -2.13. The number of hydrogen-bond donors (Lipinski definition) is 1. The Morgan fingerprint density at radius 2 is 1.89 bits per heavy atom. The third-order valence-electron chi connectivity index (χ3n) is 3.53. The molecular formula is C20H17BrCl2N2O3. The van der Waals surface area contributed by atoms with Gasteiger partial charge in [0.2, 0.25) is 0 Å². The standard InChI is InChI=1S/C20H17BrCl2N2O3/c1-3-27-17-10-18(28-4-2)14(21)9-12(17)8-13(11-24)20(26)25-16-7-5-6-15(22)19(16)23/h5-10H,3-4H2,1-2H3,(H,25,26)/b13-8-. The second-order valence-electron chi connectivity index (χ2n) is 5.41. The van der Waals surface area contributed by atoms with E-state index < -0.39 is 5.91 Å². The first kappa shape index (κ1) is 22.1. The zero-order valence-corrected chi connectivity index (χ0v) is 18.3. The van der Waals surface area contributed by atoms with Crippen molar-refractivity contribution in [1.82, 2.24) is 0 Å². The Kier molecular flexibility index (Phi) is 8.18. The van der Waals surface area contributed by atoms with Gasteiger partial charge >= 0.3 is 0 Å². The van der Waals surface area contributed by atoms with Gasteiger partial charge in [-0.25, -0.2) is 0 Å². The van der Waals surface area contributed by atoms with Gasteiger partial charge in [-0.3, -0.25) is 4.79 Å². The predicted octanol–water partition coefficient (Wildman–Crippen LogP) is 6.10. The molecule has 0 saturated carbocycles. The lowest BCUT2D eigenvalue weighted by molar-refractivity contribution is -0.112. The van der Waals surface area contributed by atoms with Crippen LogP contribution < -0.4 is 14.8 Å². The second-order valence-corrected chi connectivity index (χ2v) is 7.05. The van der Waals surface area contributed by atoms with E-state index in [2.05, 4.69) is 21.2 Å². The number of nitrogens with zero attached hydrogens (tertiary/aromatic N) is 1. The molecule has 0 heterocycles. The molecule has 0 fully saturated rings. The molecule has 28 heavy (non-hydrogen) atoms. The number of hydrogen-bond acceptors (Lipinski definition) is 4. The average Bonchev–Trinajstić information content (AvgIpc) is 2.66. The van der Waals surface area contributed by atoms with Crippen LogP contribution in [0.2, 0.25) is 10.0 Å². The molecule has 1 amide bonds. The first-order valence-corrected chi connectivity index (χ1v) is 9.92. The highest BCUT2D eigenvalue weighted by atomic mass is 79.9. The Balaban J connectivity index is 2.40. The van der Waals surface area contributed by atoms with E-state index in [1.807, 2.05) is 19.9 Å². The number of anilines is 1. The fourth-order valence-corrected chi connectivity index (χ4v) is 3.13. The highest BCUT2D eigenvalue weighted by molar-refractivity contribution is 9.10. The minimum Gasteiger partial charge on any atom is -0.493 e. The molecule has 0 atom stereocenters. The first-order chi connectivity index (χ1) is 13.4. The molecule has 0 saturated heterocycles. The Morgan fingerprint density at radius 1 is 1.21 bits per heavy atom. The van der Waals surface area contributed by atoms with Gasteiger partial charge in [-0.15, -0.1) is 0 Å². The van der Waals surface area contributed by atoms with Crippen LogP contribution in [0.5, 0.6) is 11.5 Å². The SMILES string of the molecule is CCOc1cc(OCC)c(/C=C(/C#N)C(=O)Nc2cccc(Cl)c2Cl)cc1Br. The molecule has 2 rings (SSSR count). The summed E-state index contributed by atoms with van der Waals surface area (Å²) in [6.07, 6.45) is 1.44. The van der Waals surface area contributed by atoms with E-state index in [-0.39, 0.29) is 10.6 Å². The summed E-state index contributed by atoms with van der Waals surface area (Å²) in [6, 6.07) is 10.2. The van der Waals surface area contributed by atoms with Crippen molar-refractivity contribution in [3.05, 3.63) is 56.0 Å². The van der Waals surface area contributed by atoms with Crippen molar-refractivity contribution in [3.63, 3.8) is 0 Å². The van der Waals surface area contributed by atoms with Crippen LogP contribution >= 0.6 is 39.1 Å². The van der Waals surface area contributed by atoms with Crippen LogP contribution in [0.3, 0.4) is 0 Å². The zero-order chi connectivity index (χ0) is 20.7. The second kappa shape index (κ2) is 10.4. The molecule has 0 radical (unpaired) electrons. The van der Waals surface area contributed by atoms with Gasteiger partial charge in [0.05, 0.1) is 33.4 Å². The molecule has 0 aliphatic heterocycles. The van der Waals surface area contributed by atoms with Crippen LogP contribution in [0.1, 0.15) is 19.4 Å². The Bertz CT molecular complexity index is 955. The van der Waals surface area contributed by atoms with Crippen LogP contribution in [0.4, 0.5) is 5.69 Å². The average molecular weight is 484 g/mol. The van der Waals surface area contributed by atoms with Crippen molar-refractivity contribution < 1.29 is 14.3 Å². The van der Waals surface area contributed by atoms with Crippen LogP contribution in [-0.2, 0) is 4.79 Å². The molecule has 0 aliphatic rings. The lowest BCUT2D eigenvalue weighted by atomic mass is 10.1. The molecule has 2 aromatic rings. The van der Waals surface area contributed by atoms with E-state index >= 15 is 0 Å². The summed E-state index contributed by atoms with van der Waals surface area (Å²) in [5.74, 6) is 0.492. The van der Waals surface area contributed by atoms with Crippen molar-refractivity contribution in [2.24, 2.45) is 0 Å². The minimum atomic E-state index is -0.612. The summed E-state index contributed by atoms with van der Waals surface area (Å²) in [5, 5.41) is 12.6. The molecule has 1 N–H and O–H groups in total. The first-order valence-electron chi connectivity index (χ1n) is 8.37. The van der Waals surface area contributed by atoms with Crippen LogP contribution in [0, 0.1) is 11.3 Å². The molecule has 146 valence electrons. The molecule has 0 aromatic heterocycles. The third kappa shape index (κ3) is 5.41. The summed E-state index contributed by atoms with van der Waals surface area (Å²) in [5.41, 5.74) is 0.757. The van der Waals surface area contributed by atoms with Crippen molar-refractivity contribution in [1.29, 1.82) is 5.26 Å². The van der Waals surface area contributed by atoms with E-state index in [0.717, 1.165) is 0 Å². The Labute approximate surface area is 182 Å². The van der Waals surface area contributed by atoms with Crippen molar-refractivity contribution in [3.8, 4) is 17.6 Å². The maximum absolute atomic E-state index is 12.6. The van der Waals surface area contributed by atoms with Gasteiger partial charge in [-0.2, -0.15) is 5.26 Å². The molecule has 8 heteroatoms. The third-order valence-corrected chi connectivity index (χ3v) is 4.97. The largest absolute Gasteiger partial charge is 0.493 e. The Hall–Kier alpha value is -2.20. The van der Waals surface area contributed by atoms with Crippen LogP contribution in [0.25, 0.3) is 6.08 Å². The monoisotopic (exact) mass is 482 g/mol. The number of carbonyl (C=O) groups excluding carboxylic acids is 1. The summed E-state index contributed by atoms with van der Waals surface area (Å²) in [7, 11) is 0. The van der Waals surface area contributed by atoms with E-state index in [9.17, 15) is 10.1 Å². The quantitative estimate of drug-likeness (QED) is 0.381. The van der Waals surface area contributed by atoms with Gasteiger partial charge in [0.25, 0.3) is 5.91 Å². The van der Waals surface area contributed by atoms with E-state index in [1.54, 1.807) is 30.3 Å². The molecule has 0 aliphatic carbocycles. The topological polar surface area (TPSA) is 71.3 Å². The molecule has 5 nitrogen and oxygen atoms in total. The number of nitrogens with one attached hydrogen (secondary N) is 1. The molecular weight excluding hydrogens is 467 g/mol.